The molecule has 4 rings (SSSR count). The maximum absolute atomic E-state index is 12.6. The third kappa shape index (κ3) is 3.32. The molecular weight excluding hydrogens is 330 g/mol. The van der Waals surface area contributed by atoms with E-state index in [0.29, 0.717) is 19.5 Å². The molecule has 0 bridgehead atoms. The van der Waals surface area contributed by atoms with Gasteiger partial charge in [-0.1, -0.05) is 6.07 Å². The van der Waals surface area contributed by atoms with Crippen molar-refractivity contribution in [1.82, 2.24) is 10.6 Å². The average Bonchev–Trinajstić information content (AvgIpc) is 3.20. The number of hydrogen-bond acceptors (Lipinski definition) is 3. The Morgan fingerprint density at radius 2 is 1.96 bits per heavy atom. The number of rotatable bonds is 3. The van der Waals surface area contributed by atoms with Crippen molar-refractivity contribution in [3.63, 3.8) is 0 Å². The first-order valence-corrected chi connectivity index (χ1v) is 9.62. The summed E-state index contributed by atoms with van der Waals surface area (Å²) in [5.74, 6) is -0.722. The molecule has 2 N–H and O–H groups in total. The molecule has 2 aliphatic heterocycles. The van der Waals surface area contributed by atoms with Gasteiger partial charge >= 0.3 is 0 Å². The predicted molar refractivity (Wildman–Crippen MR) is 97.7 cm³/mol. The lowest BCUT2D eigenvalue weighted by Gasteiger charge is -2.19. The summed E-state index contributed by atoms with van der Waals surface area (Å²) in [4.78, 5) is 38.8. The second-order valence-corrected chi connectivity index (χ2v) is 7.56. The summed E-state index contributed by atoms with van der Waals surface area (Å²) in [6, 6.07) is 5.71. The Balaban J connectivity index is 1.42. The lowest BCUT2D eigenvalue weighted by Crippen LogP contribution is -2.47. The highest BCUT2D eigenvalue weighted by molar-refractivity contribution is 6.01. The van der Waals surface area contributed by atoms with Gasteiger partial charge in [-0.2, -0.15) is 0 Å². The number of amides is 3. The summed E-state index contributed by atoms with van der Waals surface area (Å²) in [6.45, 7) is 1.05. The largest absolute Gasteiger partial charge is 0.354 e. The highest BCUT2D eigenvalue weighted by Crippen LogP contribution is 2.30. The third-order valence-electron chi connectivity index (χ3n) is 5.74. The minimum Gasteiger partial charge on any atom is -0.354 e. The number of fused-ring (bicyclic) bond motifs is 1. The van der Waals surface area contributed by atoms with Gasteiger partial charge in [-0.05, 0) is 61.8 Å². The van der Waals surface area contributed by atoms with Gasteiger partial charge in [-0.15, -0.1) is 0 Å². The molecule has 0 aromatic heterocycles. The van der Waals surface area contributed by atoms with Crippen LogP contribution >= 0.6 is 0 Å². The van der Waals surface area contributed by atoms with E-state index >= 15 is 0 Å². The van der Waals surface area contributed by atoms with Gasteiger partial charge < -0.3 is 15.5 Å². The number of hydrogen-bond donors (Lipinski definition) is 2. The van der Waals surface area contributed by atoms with E-state index in [2.05, 4.69) is 22.8 Å². The monoisotopic (exact) mass is 355 g/mol. The number of nitrogens with zero attached hydrogens (tertiary/aromatic N) is 1. The molecule has 2 atom stereocenters. The second kappa shape index (κ2) is 7.09. The van der Waals surface area contributed by atoms with Crippen molar-refractivity contribution < 1.29 is 14.4 Å². The second-order valence-electron chi connectivity index (χ2n) is 7.56. The zero-order valence-corrected chi connectivity index (χ0v) is 14.9. The minimum atomic E-state index is -0.478. The molecule has 1 aromatic rings. The Kier molecular flexibility index (Phi) is 4.66. The van der Waals surface area contributed by atoms with Crippen LogP contribution in [-0.4, -0.2) is 36.9 Å². The molecule has 3 aliphatic rings. The van der Waals surface area contributed by atoms with Gasteiger partial charge in [0.05, 0.1) is 5.92 Å². The topological polar surface area (TPSA) is 78.5 Å². The SMILES string of the molecule is O=C(N[C@H]1CCCCNC1=O)[C@@H]1CC(=O)N(c2ccc3c(c2)CCC3)C1. The van der Waals surface area contributed by atoms with Crippen molar-refractivity contribution in [3.05, 3.63) is 29.3 Å². The molecule has 2 fully saturated rings. The summed E-state index contributed by atoms with van der Waals surface area (Å²) in [5, 5.41) is 5.68. The van der Waals surface area contributed by atoms with E-state index in [9.17, 15) is 14.4 Å². The van der Waals surface area contributed by atoms with E-state index in [1.54, 1.807) is 4.90 Å². The first-order valence-electron chi connectivity index (χ1n) is 9.62. The molecule has 138 valence electrons. The van der Waals surface area contributed by atoms with Crippen molar-refractivity contribution in [3.8, 4) is 0 Å². The smallest absolute Gasteiger partial charge is 0.242 e. The number of carbonyl (C=O) groups excluding carboxylic acids is 3. The van der Waals surface area contributed by atoms with Crippen molar-refractivity contribution in [1.29, 1.82) is 0 Å². The zero-order chi connectivity index (χ0) is 18.1. The number of aryl methyl sites for hydroxylation is 2. The Morgan fingerprint density at radius 3 is 2.85 bits per heavy atom. The Morgan fingerprint density at radius 1 is 1.12 bits per heavy atom. The maximum Gasteiger partial charge on any atom is 0.242 e. The molecule has 0 unspecified atom stereocenters. The highest BCUT2D eigenvalue weighted by atomic mass is 16.2. The fraction of sp³-hybridized carbons (Fsp3) is 0.550. The summed E-state index contributed by atoms with van der Waals surface area (Å²) in [6.07, 6.45) is 6.05. The van der Waals surface area contributed by atoms with Crippen LogP contribution in [0.1, 0.15) is 43.2 Å². The Hall–Kier alpha value is -2.37. The first-order chi connectivity index (χ1) is 12.6. The van der Waals surface area contributed by atoms with E-state index in [-0.39, 0.29) is 24.1 Å². The maximum atomic E-state index is 12.6. The van der Waals surface area contributed by atoms with Crippen molar-refractivity contribution in [2.75, 3.05) is 18.0 Å². The van der Waals surface area contributed by atoms with Crippen LogP contribution < -0.4 is 15.5 Å². The van der Waals surface area contributed by atoms with Crippen LogP contribution in [0.15, 0.2) is 18.2 Å². The highest BCUT2D eigenvalue weighted by Gasteiger charge is 2.37. The van der Waals surface area contributed by atoms with Crippen molar-refractivity contribution in [2.45, 2.75) is 51.0 Å². The molecule has 26 heavy (non-hydrogen) atoms. The van der Waals surface area contributed by atoms with Crippen LogP contribution in [0.25, 0.3) is 0 Å². The summed E-state index contributed by atoms with van der Waals surface area (Å²) >= 11 is 0. The standard InChI is InChI=1S/C20H25N3O3/c24-18-11-15(19(25)22-17-6-1-2-9-21-20(17)26)12-23(18)16-8-7-13-4-3-5-14(13)10-16/h7-8,10,15,17H,1-6,9,11-12H2,(H,21,26)(H,22,25)/t15-,17+/m1/s1. The van der Waals surface area contributed by atoms with Gasteiger partial charge in [0.15, 0.2) is 0 Å². The molecular formula is C20H25N3O3. The summed E-state index contributed by atoms with van der Waals surface area (Å²) in [7, 11) is 0. The molecule has 2 saturated heterocycles. The lowest BCUT2D eigenvalue weighted by atomic mass is 10.1. The summed E-state index contributed by atoms with van der Waals surface area (Å²) in [5.41, 5.74) is 3.57. The average molecular weight is 355 g/mol. The molecule has 6 nitrogen and oxygen atoms in total. The van der Waals surface area contributed by atoms with Gasteiger partial charge in [0, 0.05) is 25.2 Å². The predicted octanol–water partition coefficient (Wildman–Crippen LogP) is 1.31. The normalized spacial score (nSPS) is 25.6. The van der Waals surface area contributed by atoms with Crippen LogP contribution in [0.3, 0.4) is 0 Å². The molecule has 1 aromatic carbocycles. The Bertz CT molecular complexity index is 746. The molecule has 0 saturated carbocycles. The minimum absolute atomic E-state index is 0.0200. The van der Waals surface area contributed by atoms with Crippen LogP contribution in [0.4, 0.5) is 5.69 Å². The number of carbonyl (C=O) groups is 3. The van der Waals surface area contributed by atoms with Gasteiger partial charge in [0.25, 0.3) is 0 Å². The van der Waals surface area contributed by atoms with E-state index in [0.717, 1.165) is 31.4 Å². The van der Waals surface area contributed by atoms with Crippen LogP contribution in [-0.2, 0) is 27.2 Å². The van der Waals surface area contributed by atoms with Crippen molar-refractivity contribution >= 4 is 23.4 Å². The number of nitrogens with one attached hydrogen (secondary N) is 2. The first kappa shape index (κ1) is 17.1. The van der Waals surface area contributed by atoms with Crippen LogP contribution in [0.2, 0.25) is 0 Å². The number of anilines is 1. The number of benzene rings is 1. The Labute approximate surface area is 153 Å². The summed E-state index contributed by atoms with van der Waals surface area (Å²) < 4.78 is 0. The van der Waals surface area contributed by atoms with E-state index in [4.69, 9.17) is 0 Å². The molecule has 0 radical (unpaired) electrons. The molecule has 3 amide bonds. The van der Waals surface area contributed by atoms with E-state index in [1.165, 1.54) is 17.5 Å². The third-order valence-corrected chi connectivity index (χ3v) is 5.74. The van der Waals surface area contributed by atoms with Gasteiger partial charge in [-0.3, -0.25) is 14.4 Å². The van der Waals surface area contributed by atoms with Gasteiger partial charge in [0.2, 0.25) is 17.7 Å². The van der Waals surface area contributed by atoms with Crippen molar-refractivity contribution in [2.24, 2.45) is 5.92 Å². The fourth-order valence-electron chi connectivity index (χ4n) is 4.23. The van der Waals surface area contributed by atoms with Crippen LogP contribution in [0, 0.1) is 5.92 Å². The molecule has 0 spiro atoms. The lowest BCUT2D eigenvalue weighted by molar-refractivity contribution is -0.131. The fourth-order valence-corrected chi connectivity index (χ4v) is 4.23. The van der Waals surface area contributed by atoms with Crippen LogP contribution in [0.5, 0.6) is 0 Å². The van der Waals surface area contributed by atoms with E-state index < -0.39 is 12.0 Å². The van der Waals surface area contributed by atoms with E-state index in [1.807, 2.05) is 6.07 Å². The quantitative estimate of drug-likeness (QED) is 0.858. The van der Waals surface area contributed by atoms with Gasteiger partial charge in [-0.25, -0.2) is 0 Å². The molecule has 2 heterocycles. The molecule has 6 heteroatoms. The zero-order valence-electron chi connectivity index (χ0n) is 14.9. The molecule has 1 aliphatic carbocycles. The van der Waals surface area contributed by atoms with Gasteiger partial charge in [0.1, 0.15) is 6.04 Å².